The van der Waals surface area contributed by atoms with Crippen LogP contribution in [0.3, 0.4) is 0 Å². The number of nitrogens with one attached hydrogen (secondary N) is 1. The fourth-order valence-electron chi connectivity index (χ4n) is 1.47. The van der Waals surface area contributed by atoms with Gasteiger partial charge in [0, 0.05) is 12.6 Å². The monoisotopic (exact) mass is 197 g/mol. The molecular formula is C11H19NO2. The topological polar surface area (TPSA) is 45.4 Å². The van der Waals surface area contributed by atoms with Crippen LogP contribution in [0.25, 0.3) is 0 Å². The Labute approximate surface area is 85.1 Å². The predicted molar refractivity (Wildman–Crippen MR) is 56.2 cm³/mol. The van der Waals surface area contributed by atoms with E-state index in [1.54, 1.807) is 0 Å². The first-order valence-electron chi connectivity index (χ1n) is 5.06. The van der Waals surface area contributed by atoms with Gasteiger partial charge in [0.15, 0.2) is 0 Å². The first-order valence-corrected chi connectivity index (χ1v) is 5.06. The van der Waals surface area contributed by atoms with Crippen molar-refractivity contribution in [1.29, 1.82) is 0 Å². The Morgan fingerprint density at radius 2 is 2.14 bits per heavy atom. The second-order valence-electron chi connectivity index (χ2n) is 3.75. The third-order valence-electron chi connectivity index (χ3n) is 2.28. The number of aliphatic hydroxyl groups is 1. The van der Waals surface area contributed by atoms with Crippen molar-refractivity contribution in [2.45, 2.75) is 39.3 Å². The highest BCUT2D eigenvalue weighted by Gasteiger charge is 2.11. The Balaban J connectivity index is 2.45. The summed E-state index contributed by atoms with van der Waals surface area (Å²) < 4.78 is 5.50. The van der Waals surface area contributed by atoms with E-state index in [1.165, 1.54) is 0 Å². The van der Waals surface area contributed by atoms with E-state index < -0.39 is 0 Å². The van der Waals surface area contributed by atoms with Crippen LogP contribution in [0.1, 0.15) is 37.8 Å². The van der Waals surface area contributed by atoms with Gasteiger partial charge in [-0.2, -0.15) is 0 Å². The zero-order valence-electron chi connectivity index (χ0n) is 9.08. The van der Waals surface area contributed by atoms with Crippen LogP contribution in [0, 0.1) is 6.92 Å². The van der Waals surface area contributed by atoms with Crippen molar-refractivity contribution in [3.05, 3.63) is 23.7 Å². The first-order chi connectivity index (χ1) is 6.63. The van der Waals surface area contributed by atoms with Crippen molar-refractivity contribution in [2.75, 3.05) is 6.61 Å². The molecule has 0 saturated carbocycles. The third-order valence-corrected chi connectivity index (χ3v) is 2.28. The van der Waals surface area contributed by atoms with Gasteiger partial charge in [-0.1, -0.05) is 0 Å². The zero-order chi connectivity index (χ0) is 10.6. The molecule has 0 radical (unpaired) electrons. The highest BCUT2D eigenvalue weighted by Crippen LogP contribution is 2.16. The van der Waals surface area contributed by atoms with Crippen LogP contribution < -0.4 is 5.32 Å². The number of furan rings is 1. The molecular weight excluding hydrogens is 178 g/mol. The van der Waals surface area contributed by atoms with Crippen LogP contribution in [-0.4, -0.2) is 17.8 Å². The standard InChI is InChI=1S/C11H19NO2/c1-8(6-7-13)12-10(3)11-5-4-9(2)14-11/h4-5,8,10,12-13H,6-7H2,1-3H3/t8-,10?/m1/s1. The summed E-state index contributed by atoms with van der Waals surface area (Å²) in [6, 6.07) is 4.45. The van der Waals surface area contributed by atoms with E-state index >= 15 is 0 Å². The van der Waals surface area contributed by atoms with Crippen LogP contribution in [0.2, 0.25) is 0 Å². The van der Waals surface area contributed by atoms with Gasteiger partial charge in [0.1, 0.15) is 11.5 Å². The largest absolute Gasteiger partial charge is 0.465 e. The van der Waals surface area contributed by atoms with Gasteiger partial charge in [0.05, 0.1) is 6.04 Å². The van der Waals surface area contributed by atoms with Gasteiger partial charge in [-0.05, 0) is 39.3 Å². The minimum absolute atomic E-state index is 0.199. The van der Waals surface area contributed by atoms with Crippen molar-refractivity contribution in [1.82, 2.24) is 5.32 Å². The maximum Gasteiger partial charge on any atom is 0.120 e. The summed E-state index contributed by atoms with van der Waals surface area (Å²) in [4.78, 5) is 0. The summed E-state index contributed by atoms with van der Waals surface area (Å²) in [5.74, 6) is 1.88. The van der Waals surface area contributed by atoms with E-state index in [-0.39, 0.29) is 12.6 Å². The Morgan fingerprint density at radius 1 is 1.43 bits per heavy atom. The third kappa shape index (κ3) is 3.16. The molecule has 3 nitrogen and oxygen atoms in total. The molecule has 1 aromatic rings. The summed E-state index contributed by atoms with van der Waals surface area (Å²) in [6.07, 6.45) is 0.768. The molecule has 0 amide bonds. The molecule has 1 rings (SSSR count). The van der Waals surface area contributed by atoms with Crippen LogP contribution in [-0.2, 0) is 0 Å². The Kier molecular flexibility index (Phi) is 4.17. The smallest absolute Gasteiger partial charge is 0.120 e. The molecule has 1 heterocycles. The van der Waals surface area contributed by atoms with Gasteiger partial charge < -0.3 is 14.8 Å². The minimum atomic E-state index is 0.199. The molecule has 0 fully saturated rings. The molecule has 14 heavy (non-hydrogen) atoms. The normalized spacial score (nSPS) is 15.4. The predicted octanol–water partition coefficient (Wildman–Crippen LogP) is 2.01. The lowest BCUT2D eigenvalue weighted by Gasteiger charge is -2.17. The quantitative estimate of drug-likeness (QED) is 0.759. The van der Waals surface area contributed by atoms with Crippen molar-refractivity contribution in [3.8, 4) is 0 Å². The van der Waals surface area contributed by atoms with Gasteiger partial charge in [-0.25, -0.2) is 0 Å². The molecule has 2 N–H and O–H groups in total. The van der Waals surface area contributed by atoms with E-state index in [0.717, 1.165) is 17.9 Å². The fraction of sp³-hybridized carbons (Fsp3) is 0.636. The Hall–Kier alpha value is -0.800. The molecule has 0 aliphatic heterocycles. The highest BCUT2D eigenvalue weighted by atomic mass is 16.3. The average molecular weight is 197 g/mol. The van der Waals surface area contributed by atoms with E-state index in [1.807, 2.05) is 19.1 Å². The molecule has 3 heteroatoms. The Bertz CT molecular complexity index is 270. The Morgan fingerprint density at radius 3 is 2.64 bits per heavy atom. The molecule has 0 bridgehead atoms. The summed E-state index contributed by atoms with van der Waals surface area (Å²) in [7, 11) is 0. The maximum atomic E-state index is 8.76. The second kappa shape index (κ2) is 5.17. The van der Waals surface area contributed by atoms with Crippen molar-refractivity contribution in [2.24, 2.45) is 0 Å². The van der Waals surface area contributed by atoms with Gasteiger partial charge in [0.2, 0.25) is 0 Å². The summed E-state index contributed by atoms with van der Waals surface area (Å²) in [5, 5.41) is 12.1. The lowest BCUT2D eigenvalue weighted by molar-refractivity contribution is 0.261. The van der Waals surface area contributed by atoms with Crippen molar-refractivity contribution < 1.29 is 9.52 Å². The van der Waals surface area contributed by atoms with Gasteiger partial charge in [0.25, 0.3) is 0 Å². The van der Waals surface area contributed by atoms with Crippen LogP contribution in [0.4, 0.5) is 0 Å². The fourth-order valence-corrected chi connectivity index (χ4v) is 1.47. The molecule has 1 aromatic heterocycles. The van der Waals surface area contributed by atoms with Crippen LogP contribution in [0.15, 0.2) is 16.5 Å². The minimum Gasteiger partial charge on any atom is -0.465 e. The van der Waals surface area contributed by atoms with Crippen LogP contribution in [0.5, 0.6) is 0 Å². The lowest BCUT2D eigenvalue weighted by atomic mass is 10.2. The van der Waals surface area contributed by atoms with E-state index in [4.69, 9.17) is 9.52 Å². The first kappa shape index (κ1) is 11.3. The van der Waals surface area contributed by atoms with Crippen molar-refractivity contribution >= 4 is 0 Å². The summed E-state index contributed by atoms with van der Waals surface area (Å²) >= 11 is 0. The van der Waals surface area contributed by atoms with Crippen LogP contribution >= 0.6 is 0 Å². The summed E-state index contributed by atoms with van der Waals surface area (Å²) in [5.41, 5.74) is 0. The lowest BCUT2D eigenvalue weighted by Crippen LogP contribution is -2.29. The molecule has 1 unspecified atom stereocenters. The molecule has 0 saturated heterocycles. The number of aliphatic hydroxyl groups excluding tert-OH is 1. The average Bonchev–Trinajstić information content (AvgIpc) is 2.52. The maximum absolute atomic E-state index is 8.76. The molecule has 0 aromatic carbocycles. The van der Waals surface area contributed by atoms with Gasteiger partial charge >= 0.3 is 0 Å². The number of hydrogen-bond donors (Lipinski definition) is 2. The van der Waals surface area contributed by atoms with E-state index in [2.05, 4.69) is 19.2 Å². The van der Waals surface area contributed by atoms with E-state index in [0.29, 0.717) is 6.04 Å². The molecule has 0 aliphatic rings. The number of hydrogen-bond acceptors (Lipinski definition) is 3. The summed E-state index contributed by atoms with van der Waals surface area (Å²) in [6.45, 7) is 6.28. The number of aryl methyl sites for hydroxylation is 1. The number of rotatable bonds is 5. The highest BCUT2D eigenvalue weighted by molar-refractivity contribution is 5.08. The SMILES string of the molecule is Cc1ccc(C(C)N[C@H](C)CCO)o1. The zero-order valence-corrected chi connectivity index (χ0v) is 9.08. The van der Waals surface area contributed by atoms with Crippen molar-refractivity contribution in [3.63, 3.8) is 0 Å². The molecule has 2 atom stereocenters. The molecule has 0 aliphatic carbocycles. The molecule has 0 spiro atoms. The van der Waals surface area contributed by atoms with Gasteiger partial charge in [-0.3, -0.25) is 0 Å². The van der Waals surface area contributed by atoms with Gasteiger partial charge in [-0.15, -0.1) is 0 Å². The van der Waals surface area contributed by atoms with E-state index in [9.17, 15) is 0 Å². The molecule has 80 valence electrons. The second-order valence-corrected chi connectivity index (χ2v) is 3.75.